The first-order valence-electron chi connectivity index (χ1n) is 3.69. The van der Waals surface area contributed by atoms with Gasteiger partial charge in [0.2, 0.25) is 0 Å². The van der Waals surface area contributed by atoms with Crippen LogP contribution in [-0.4, -0.2) is 28.5 Å². The Morgan fingerprint density at radius 1 is 1.40 bits per heavy atom. The van der Waals surface area contributed by atoms with E-state index in [0.29, 0.717) is 12.8 Å². The maximum absolute atomic E-state index is 9.61. The molecule has 0 aliphatic heterocycles. The lowest BCUT2D eigenvalue weighted by Crippen LogP contribution is -2.49. The maximum atomic E-state index is 9.61. The monoisotopic (exact) mass is 147 g/mol. The van der Waals surface area contributed by atoms with E-state index in [0.717, 1.165) is 0 Å². The SMILES string of the molecule is CCC(O)(CC)[C@H](N)CO. The molecule has 0 spiro atoms. The third kappa shape index (κ3) is 1.94. The minimum atomic E-state index is -0.880. The Kier molecular flexibility index (Phi) is 3.86. The Balaban J connectivity index is 4.02. The summed E-state index contributed by atoms with van der Waals surface area (Å²) >= 11 is 0. The summed E-state index contributed by atoms with van der Waals surface area (Å²) in [6.45, 7) is 3.57. The van der Waals surface area contributed by atoms with Crippen LogP contribution in [0, 0.1) is 0 Å². The standard InChI is InChI=1S/C7H17NO2/c1-3-7(10,4-2)6(8)5-9/h6,9-10H,3-5,8H2,1-2H3/t6-/m1/s1. The van der Waals surface area contributed by atoms with Crippen molar-refractivity contribution in [3.8, 4) is 0 Å². The summed E-state index contributed by atoms with van der Waals surface area (Å²) in [5.74, 6) is 0. The lowest BCUT2D eigenvalue weighted by atomic mass is 9.90. The molecule has 0 rings (SSSR count). The van der Waals surface area contributed by atoms with Gasteiger partial charge in [-0.15, -0.1) is 0 Å². The van der Waals surface area contributed by atoms with Gasteiger partial charge in [-0.1, -0.05) is 13.8 Å². The minimum Gasteiger partial charge on any atom is -0.395 e. The molecule has 0 bridgehead atoms. The highest BCUT2D eigenvalue weighted by molar-refractivity contribution is 4.86. The Hall–Kier alpha value is -0.120. The van der Waals surface area contributed by atoms with Crippen molar-refractivity contribution in [1.82, 2.24) is 0 Å². The van der Waals surface area contributed by atoms with Crippen LogP contribution in [0.25, 0.3) is 0 Å². The Morgan fingerprint density at radius 2 is 1.80 bits per heavy atom. The largest absolute Gasteiger partial charge is 0.395 e. The van der Waals surface area contributed by atoms with Gasteiger partial charge in [0.15, 0.2) is 0 Å². The third-order valence-electron chi connectivity index (χ3n) is 2.11. The average Bonchev–Trinajstić information content (AvgIpc) is 2.01. The van der Waals surface area contributed by atoms with Crippen LogP contribution in [-0.2, 0) is 0 Å². The first-order chi connectivity index (χ1) is 4.60. The van der Waals surface area contributed by atoms with Gasteiger partial charge >= 0.3 is 0 Å². The molecule has 3 nitrogen and oxygen atoms in total. The van der Waals surface area contributed by atoms with Gasteiger partial charge < -0.3 is 15.9 Å². The average molecular weight is 147 g/mol. The van der Waals surface area contributed by atoms with E-state index >= 15 is 0 Å². The van der Waals surface area contributed by atoms with Gasteiger partial charge in [-0.2, -0.15) is 0 Å². The summed E-state index contributed by atoms with van der Waals surface area (Å²) in [6.07, 6.45) is 1.18. The van der Waals surface area contributed by atoms with Crippen molar-refractivity contribution in [2.75, 3.05) is 6.61 Å². The van der Waals surface area contributed by atoms with Crippen LogP contribution >= 0.6 is 0 Å². The lowest BCUT2D eigenvalue weighted by Gasteiger charge is -2.30. The van der Waals surface area contributed by atoms with Crippen LogP contribution in [0.5, 0.6) is 0 Å². The number of aliphatic hydroxyl groups is 2. The van der Waals surface area contributed by atoms with Crippen LogP contribution in [0.2, 0.25) is 0 Å². The van der Waals surface area contributed by atoms with Crippen LogP contribution in [0.3, 0.4) is 0 Å². The lowest BCUT2D eigenvalue weighted by molar-refractivity contribution is -0.0103. The predicted octanol–water partition coefficient (Wildman–Crippen LogP) is -0.143. The van der Waals surface area contributed by atoms with Crippen molar-refractivity contribution >= 4 is 0 Å². The first-order valence-corrected chi connectivity index (χ1v) is 3.69. The predicted molar refractivity (Wildman–Crippen MR) is 40.6 cm³/mol. The third-order valence-corrected chi connectivity index (χ3v) is 2.11. The van der Waals surface area contributed by atoms with E-state index in [9.17, 15) is 5.11 Å². The van der Waals surface area contributed by atoms with Crippen LogP contribution in [0.1, 0.15) is 26.7 Å². The number of nitrogens with two attached hydrogens (primary N) is 1. The van der Waals surface area contributed by atoms with Gasteiger partial charge in [-0.25, -0.2) is 0 Å². The molecule has 0 aliphatic rings. The second-order valence-corrected chi connectivity index (χ2v) is 2.60. The van der Waals surface area contributed by atoms with Crippen molar-refractivity contribution in [2.45, 2.75) is 38.3 Å². The number of hydrogen-bond donors (Lipinski definition) is 3. The summed E-state index contributed by atoms with van der Waals surface area (Å²) in [4.78, 5) is 0. The quantitative estimate of drug-likeness (QED) is 0.518. The van der Waals surface area contributed by atoms with Crippen molar-refractivity contribution in [1.29, 1.82) is 0 Å². The Morgan fingerprint density at radius 3 is 1.90 bits per heavy atom. The molecule has 10 heavy (non-hydrogen) atoms. The Bertz CT molecular complexity index is 91.6. The summed E-state index contributed by atoms with van der Waals surface area (Å²) < 4.78 is 0. The van der Waals surface area contributed by atoms with Crippen molar-refractivity contribution in [3.63, 3.8) is 0 Å². The molecule has 1 atom stereocenters. The molecule has 0 aromatic heterocycles. The van der Waals surface area contributed by atoms with Gasteiger partial charge in [-0.05, 0) is 12.8 Å². The van der Waals surface area contributed by atoms with E-state index in [1.165, 1.54) is 0 Å². The molecule has 62 valence electrons. The van der Waals surface area contributed by atoms with E-state index < -0.39 is 11.6 Å². The topological polar surface area (TPSA) is 66.5 Å². The smallest absolute Gasteiger partial charge is 0.0815 e. The molecular formula is C7H17NO2. The highest BCUT2D eigenvalue weighted by Gasteiger charge is 2.29. The molecule has 0 saturated heterocycles. The highest BCUT2D eigenvalue weighted by atomic mass is 16.3. The molecule has 0 heterocycles. The summed E-state index contributed by atoms with van der Waals surface area (Å²) in [5.41, 5.74) is 4.59. The molecule has 0 radical (unpaired) electrons. The minimum absolute atomic E-state index is 0.155. The van der Waals surface area contributed by atoms with Gasteiger partial charge in [-0.3, -0.25) is 0 Å². The van der Waals surface area contributed by atoms with Crippen LogP contribution in [0.15, 0.2) is 0 Å². The van der Waals surface area contributed by atoms with E-state index in [4.69, 9.17) is 10.8 Å². The van der Waals surface area contributed by atoms with E-state index in [1.54, 1.807) is 0 Å². The summed E-state index contributed by atoms with van der Waals surface area (Å²) in [7, 11) is 0. The Labute approximate surface area is 61.9 Å². The van der Waals surface area contributed by atoms with Crippen molar-refractivity contribution < 1.29 is 10.2 Å². The molecule has 0 amide bonds. The van der Waals surface area contributed by atoms with Gasteiger partial charge in [0.05, 0.1) is 18.2 Å². The first kappa shape index (κ1) is 9.88. The molecule has 4 N–H and O–H groups in total. The highest BCUT2D eigenvalue weighted by Crippen LogP contribution is 2.17. The van der Waals surface area contributed by atoms with E-state index in [1.807, 2.05) is 13.8 Å². The molecule has 0 aromatic carbocycles. The van der Waals surface area contributed by atoms with Gasteiger partial charge in [0.1, 0.15) is 0 Å². The molecule has 0 unspecified atom stereocenters. The second-order valence-electron chi connectivity index (χ2n) is 2.60. The fraction of sp³-hybridized carbons (Fsp3) is 1.00. The number of hydrogen-bond acceptors (Lipinski definition) is 3. The fourth-order valence-corrected chi connectivity index (χ4v) is 0.944. The zero-order valence-corrected chi connectivity index (χ0v) is 6.67. The second kappa shape index (κ2) is 3.91. The maximum Gasteiger partial charge on any atom is 0.0815 e. The van der Waals surface area contributed by atoms with Crippen LogP contribution in [0.4, 0.5) is 0 Å². The summed E-state index contributed by atoms with van der Waals surface area (Å²) in [6, 6.07) is -0.512. The van der Waals surface area contributed by atoms with Gasteiger partial charge in [0, 0.05) is 0 Å². The number of rotatable bonds is 4. The normalized spacial score (nSPS) is 15.3. The zero-order valence-electron chi connectivity index (χ0n) is 6.67. The molecule has 0 aliphatic carbocycles. The zero-order chi connectivity index (χ0) is 8.20. The fourth-order valence-electron chi connectivity index (χ4n) is 0.944. The van der Waals surface area contributed by atoms with E-state index in [2.05, 4.69) is 0 Å². The molecule has 0 saturated carbocycles. The van der Waals surface area contributed by atoms with Gasteiger partial charge in [0.25, 0.3) is 0 Å². The van der Waals surface area contributed by atoms with Crippen molar-refractivity contribution in [3.05, 3.63) is 0 Å². The molecule has 0 aromatic rings. The molecule has 0 fully saturated rings. The molecule has 3 heteroatoms. The molecular weight excluding hydrogens is 130 g/mol. The number of aliphatic hydroxyl groups excluding tert-OH is 1. The van der Waals surface area contributed by atoms with Crippen molar-refractivity contribution in [2.24, 2.45) is 5.73 Å². The summed E-state index contributed by atoms with van der Waals surface area (Å²) in [5, 5.41) is 18.3. The van der Waals surface area contributed by atoms with E-state index in [-0.39, 0.29) is 6.61 Å². The van der Waals surface area contributed by atoms with Crippen LogP contribution < -0.4 is 5.73 Å².